The fourth-order valence-electron chi connectivity index (χ4n) is 2.75. The van der Waals surface area contributed by atoms with Gasteiger partial charge < -0.3 is 5.73 Å². The predicted molar refractivity (Wildman–Crippen MR) is 117 cm³/mol. The molecule has 0 aliphatic rings. The highest BCUT2D eigenvalue weighted by Gasteiger charge is 2.16. The van der Waals surface area contributed by atoms with Crippen molar-refractivity contribution in [1.82, 2.24) is 14.8 Å². The van der Waals surface area contributed by atoms with Gasteiger partial charge in [-0.3, -0.25) is 4.55 Å². The largest absolute Gasteiger partial charge is 0.382 e. The van der Waals surface area contributed by atoms with Gasteiger partial charge in [-0.15, -0.1) is 14.6 Å². The number of hydrogen-bond donors (Lipinski definition) is 3. The number of azo groups is 1. The molecule has 166 valence electrons. The average molecular weight is 495 g/mol. The van der Waals surface area contributed by atoms with Crippen LogP contribution >= 0.6 is 23.4 Å². The number of nitrogen functional groups attached to an aromatic ring is 1. The molecule has 2 aromatic heterocycles. The molecule has 2 aromatic carbocycles. The number of benzene rings is 2. The number of nitrogens with zero attached hydrogens (tertiary/aromatic N) is 5. The van der Waals surface area contributed by atoms with E-state index < -0.39 is 10.1 Å². The van der Waals surface area contributed by atoms with Crippen LogP contribution in [0.15, 0.2) is 62.5 Å². The number of nitrogens with two attached hydrogens (primary N) is 1. The van der Waals surface area contributed by atoms with Gasteiger partial charge in [0.1, 0.15) is 0 Å². The Morgan fingerprint density at radius 1 is 1.19 bits per heavy atom. The lowest BCUT2D eigenvalue weighted by Gasteiger charge is -2.04. The summed E-state index contributed by atoms with van der Waals surface area (Å²) in [6.07, 6.45) is 0. The van der Waals surface area contributed by atoms with Crippen LogP contribution in [0.4, 0.5) is 16.6 Å². The van der Waals surface area contributed by atoms with Crippen molar-refractivity contribution in [3.63, 3.8) is 0 Å². The number of anilines is 1. The summed E-state index contributed by atoms with van der Waals surface area (Å²) in [5.74, 6) is 0.201. The van der Waals surface area contributed by atoms with Gasteiger partial charge in [0.2, 0.25) is 5.13 Å². The highest BCUT2D eigenvalue weighted by Crippen LogP contribution is 2.34. The van der Waals surface area contributed by atoms with Crippen LogP contribution < -0.4 is 5.73 Å². The number of rotatable bonds is 7. The van der Waals surface area contributed by atoms with Crippen molar-refractivity contribution in [2.75, 3.05) is 5.73 Å². The van der Waals surface area contributed by atoms with E-state index in [2.05, 4.69) is 29.7 Å². The Bertz CT molecular complexity index is 1410. The molecule has 0 atom stereocenters. The smallest absolute Gasteiger partial charge is 0.294 e. The van der Waals surface area contributed by atoms with Crippen molar-refractivity contribution in [3.05, 3.63) is 48.2 Å². The minimum Gasteiger partial charge on any atom is -0.382 e. The Morgan fingerprint density at radius 2 is 1.94 bits per heavy atom. The fraction of sp³-hybridized carbons (Fsp3) is 0.0588. The van der Waals surface area contributed by atoms with Gasteiger partial charge in [-0.1, -0.05) is 16.4 Å². The lowest BCUT2D eigenvalue weighted by molar-refractivity contribution is -0.432. The zero-order chi connectivity index (χ0) is 22.9. The third-order valence-electron chi connectivity index (χ3n) is 4.19. The van der Waals surface area contributed by atoms with Crippen LogP contribution in [0, 0.1) is 6.92 Å². The van der Waals surface area contributed by atoms with Crippen molar-refractivity contribution in [2.24, 2.45) is 10.2 Å². The summed E-state index contributed by atoms with van der Waals surface area (Å²) >= 11 is 2.14. The monoisotopic (exact) mass is 494 g/mol. The lowest BCUT2D eigenvalue weighted by atomic mass is 10.3. The van der Waals surface area contributed by atoms with Gasteiger partial charge >= 0.3 is 0 Å². The van der Waals surface area contributed by atoms with E-state index in [0.717, 1.165) is 16.7 Å². The summed E-state index contributed by atoms with van der Waals surface area (Å²) in [6.45, 7) is 1.71. The Balaban J connectivity index is 1.60. The molecule has 0 radical (unpaired) electrons. The van der Waals surface area contributed by atoms with E-state index in [9.17, 15) is 8.42 Å². The van der Waals surface area contributed by atoms with Crippen molar-refractivity contribution in [3.8, 4) is 5.69 Å². The molecule has 12 nitrogen and oxygen atoms in total. The maximum Gasteiger partial charge on any atom is 0.294 e. The molecule has 4 aromatic rings. The van der Waals surface area contributed by atoms with Crippen molar-refractivity contribution in [1.29, 1.82) is 0 Å². The second kappa shape index (κ2) is 8.91. The summed E-state index contributed by atoms with van der Waals surface area (Å²) in [6, 6.07) is 10.7. The number of thiazole rings is 1. The summed E-state index contributed by atoms with van der Waals surface area (Å²) in [7, 11) is -4.30. The number of aryl methyl sites for hydroxylation is 1. The van der Waals surface area contributed by atoms with Crippen molar-refractivity contribution in [2.45, 2.75) is 16.7 Å². The molecular weight excluding hydrogens is 480 g/mol. The molecule has 0 saturated carbocycles. The molecule has 0 aliphatic heterocycles. The summed E-state index contributed by atoms with van der Waals surface area (Å²) in [5, 5.41) is 24.9. The Hall–Kier alpha value is -2.92. The Morgan fingerprint density at radius 3 is 2.62 bits per heavy atom. The predicted octanol–water partition coefficient (Wildman–Crippen LogP) is 4.46. The fourth-order valence-corrected chi connectivity index (χ4v) is 4.39. The van der Waals surface area contributed by atoms with E-state index in [1.807, 2.05) is 6.07 Å². The van der Waals surface area contributed by atoms with Gasteiger partial charge in [0.05, 0.1) is 38.5 Å². The Kier molecular flexibility index (Phi) is 6.20. The van der Waals surface area contributed by atoms with Crippen molar-refractivity contribution < 1.29 is 27.6 Å². The van der Waals surface area contributed by atoms with Crippen LogP contribution in [-0.2, 0) is 19.5 Å². The van der Waals surface area contributed by atoms with E-state index in [-0.39, 0.29) is 10.7 Å². The summed E-state index contributed by atoms with van der Waals surface area (Å²) in [4.78, 5) is 4.82. The maximum absolute atomic E-state index is 11.2. The highest BCUT2D eigenvalue weighted by atomic mass is 32.2. The molecular formula is C17H14N6O6S3. The maximum atomic E-state index is 11.2. The Labute approximate surface area is 189 Å². The van der Waals surface area contributed by atoms with Crippen LogP contribution in [0.1, 0.15) is 5.69 Å². The van der Waals surface area contributed by atoms with Crippen LogP contribution in [0.5, 0.6) is 0 Å². The molecule has 32 heavy (non-hydrogen) atoms. The SMILES string of the molecule is Cc1nn(-c2ccc(S(=O)(=O)O)cc2)c(N)c1N=Nc1nc2cc(SOOO)ccc2s1. The topological polar surface area (TPSA) is 175 Å². The molecule has 0 spiro atoms. The van der Waals surface area contributed by atoms with Gasteiger partial charge in [0, 0.05) is 4.90 Å². The van der Waals surface area contributed by atoms with Gasteiger partial charge in [-0.25, -0.2) is 14.9 Å². The van der Waals surface area contributed by atoms with Gasteiger partial charge in [-0.05, 0) is 49.4 Å². The number of hydrogen-bond acceptors (Lipinski definition) is 12. The van der Waals surface area contributed by atoms with Crippen molar-refractivity contribution >= 4 is 60.4 Å². The molecule has 4 rings (SSSR count). The standard InChI is InChI=1S/C17H14N6O6S3/c1-9-15(16(18)23(22-9)10-2-5-12(6-3-10)32(25,26)27)20-21-17-19-13-8-11(31-29-28-24)4-7-14(13)30-17/h2-8,24H,18H2,1H3,(H,25,26,27). The molecule has 0 bridgehead atoms. The van der Waals surface area contributed by atoms with E-state index in [1.165, 1.54) is 40.3 Å². The first kappa shape index (κ1) is 22.3. The molecule has 0 amide bonds. The number of fused-ring (bicyclic) bond motifs is 1. The van der Waals surface area contributed by atoms with Crippen LogP contribution in [0.2, 0.25) is 0 Å². The van der Waals surface area contributed by atoms with Gasteiger partial charge in [0.25, 0.3) is 10.1 Å². The zero-order valence-electron chi connectivity index (χ0n) is 16.1. The van der Waals surface area contributed by atoms with Gasteiger partial charge in [0.15, 0.2) is 11.5 Å². The third kappa shape index (κ3) is 4.63. The average Bonchev–Trinajstić information content (AvgIpc) is 3.29. The molecule has 0 aliphatic carbocycles. The van der Waals surface area contributed by atoms with Crippen LogP contribution in [0.3, 0.4) is 0 Å². The van der Waals surface area contributed by atoms with E-state index in [4.69, 9.17) is 15.5 Å². The summed E-state index contributed by atoms with van der Waals surface area (Å²) in [5.41, 5.74) is 8.17. The normalized spacial score (nSPS) is 12.2. The highest BCUT2D eigenvalue weighted by molar-refractivity contribution is 7.94. The minimum absolute atomic E-state index is 0.201. The van der Waals surface area contributed by atoms with Gasteiger partial charge in [-0.2, -0.15) is 13.5 Å². The second-order valence-electron chi connectivity index (χ2n) is 6.25. The zero-order valence-corrected chi connectivity index (χ0v) is 18.6. The van der Waals surface area contributed by atoms with E-state index in [1.54, 1.807) is 19.1 Å². The lowest BCUT2D eigenvalue weighted by Crippen LogP contribution is -2.03. The van der Waals surface area contributed by atoms with E-state index >= 15 is 0 Å². The quantitative estimate of drug-likeness (QED) is 0.109. The second-order valence-corrected chi connectivity index (χ2v) is 9.46. The third-order valence-corrected chi connectivity index (χ3v) is 6.55. The molecule has 4 N–H and O–H groups in total. The molecule has 0 unspecified atom stereocenters. The minimum atomic E-state index is -4.30. The number of aromatic nitrogens is 3. The molecule has 0 saturated heterocycles. The summed E-state index contributed by atoms with van der Waals surface area (Å²) < 4.78 is 38.2. The molecule has 15 heteroatoms. The van der Waals surface area contributed by atoms with E-state index in [0.29, 0.717) is 32.6 Å². The van der Waals surface area contributed by atoms with Crippen LogP contribution in [0.25, 0.3) is 15.9 Å². The molecule has 0 fully saturated rings. The first-order valence-corrected chi connectivity index (χ1v) is 11.7. The molecule has 2 heterocycles. The van der Waals surface area contributed by atoms with Crippen LogP contribution in [-0.4, -0.2) is 33.0 Å². The first-order valence-electron chi connectivity index (χ1n) is 8.66. The first-order chi connectivity index (χ1) is 15.3.